The molecule has 0 spiro atoms. The fourth-order valence-corrected chi connectivity index (χ4v) is 3.79. The van der Waals surface area contributed by atoms with Crippen LogP contribution < -0.4 is 5.32 Å². The molecule has 0 unspecified atom stereocenters. The lowest BCUT2D eigenvalue weighted by Crippen LogP contribution is -2.43. The molecule has 0 heterocycles. The molecule has 1 aromatic carbocycles. The molecule has 0 radical (unpaired) electrons. The molecule has 0 aromatic heterocycles. The lowest BCUT2D eigenvalue weighted by atomic mass is 9.78. The number of rotatable bonds is 3. The fraction of sp³-hybridized carbons (Fsp3) is 0.562. The molecule has 0 saturated heterocycles. The Bertz CT molecular complexity index is 672. The molecule has 0 aliphatic heterocycles. The van der Waals surface area contributed by atoms with Gasteiger partial charge in [-0.25, -0.2) is 8.42 Å². The monoisotopic (exact) mass is 343 g/mol. The number of hydrogen-bond donors (Lipinski definition) is 1. The molecule has 1 amide bonds. The third-order valence-electron chi connectivity index (χ3n) is 4.63. The molecule has 122 valence electrons. The summed E-state index contributed by atoms with van der Waals surface area (Å²) in [7, 11) is -3.37. The molecule has 1 aliphatic rings. The van der Waals surface area contributed by atoms with Crippen molar-refractivity contribution in [2.75, 3.05) is 6.26 Å². The molecular weight excluding hydrogens is 322 g/mol. The van der Waals surface area contributed by atoms with Crippen LogP contribution in [0.2, 0.25) is 5.02 Å². The minimum absolute atomic E-state index is 0.104. The Morgan fingerprint density at radius 1 is 1.27 bits per heavy atom. The van der Waals surface area contributed by atoms with Crippen molar-refractivity contribution in [3.8, 4) is 0 Å². The number of nitrogens with one attached hydrogen (secondary N) is 1. The van der Waals surface area contributed by atoms with E-state index in [2.05, 4.69) is 19.2 Å². The highest BCUT2D eigenvalue weighted by molar-refractivity contribution is 7.90. The molecule has 4 nitrogen and oxygen atoms in total. The zero-order valence-electron chi connectivity index (χ0n) is 13.1. The van der Waals surface area contributed by atoms with Gasteiger partial charge in [-0.3, -0.25) is 4.79 Å². The second-order valence-corrected chi connectivity index (χ2v) is 8.68. The number of carbonyl (C=O) groups excluding carboxylic acids is 1. The van der Waals surface area contributed by atoms with Gasteiger partial charge in [-0.15, -0.1) is 0 Å². The SMILES string of the molecule is C[C@H]1[C@H](C)CCC[C@@H]1NC(=O)c1cc(S(C)(=O)=O)ccc1Cl. The molecule has 0 bridgehead atoms. The zero-order chi connectivity index (χ0) is 16.5. The maximum atomic E-state index is 12.5. The van der Waals surface area contributed by atoms with E-state index in [1.807, 2.05) is 0 Å². The van der Waals surface area contributed by atoms with Crippen molar-refractivity contribution in [2.45, 2.75) is 44.0 Å². The number of halogens is 1. The highest BCUT2D eigenvalue weighted by Gasteiger charge is 2.29. The highest BCUT2D eigenvalue weighted by Crippen LogP contribution is 2.30. The second kappa shape index (κ2) is 6.59. The average molecular weight is 344 g/mol. The van der Waals surface area contributed by atoms with Crippen LogP contribution >= 0.6 is 11.6 Å². The van der Waals surface area contributed by atoms with Gasteiger partial charge in [0.2, 0.25) is 0 Å². The van der Waals surface area contributed by atoms with Crippen molar-refractivity contribution < 1.29 is 13.2 Å². The summed E-state index contributed by atoms with van der Waals surface area (Å²) in [4.78, 5) is 12.6. The first-order chi connectivity index (χ1) is 10.2. The summed E-state index contributed by atoms with van der Waals surface area (Å²) in [5, 5.41) is 3.28. The van der Waals surface area contributed by atoms with Gasteiger partial charge in [-0.05, 0) is 36.5 Å². The maximum Gasteiger partial charge on any atom is 0.253 e. The number of carbonyl (C=O) groups is 1. The Kier molecular flexibility index (Phi) is 5.17. The number of sulfone groups is 1. The van der Waals surface area contributed by atoms with Gasteiger partial charge >= 0.3 is 0 Å². The second-order valence-electron chi connectivity index (χ2n) is 6.26. The molecule has 1 N–H and O–H groups in total. The van der Waals surface area contributed by atoms with Crippen LogP contribution in [-0.2, 0) is 9.84 Å². The van der Waals surface area contributed by atoms with E-state index in [0.717, 1.165) is 19.1 Å². The van der Waals surface area contributed by atoms with E-state index in [0.29, 0.717) is 11.8 Å². The van der Waals surface area contributed by atoms with E-state index in [1.165, 1.54) is 24.6 Å². The van der Waals surface area contributed by atoms with Gasteiger partial charge in [0.05, 0.1) is 15.5 Å². The Morgan fingerprint density at radius 2 is 1.95 bits per heavy atom. The van der Waals surface area contributed by atoms with Crippen LogP contribution in [0.1, 0.15) is 43.5 Å². The van der Waals surface area contributed by atoms with Gasteiger partial charge < -0.3 is 5.32 Å². The van der Waals surface area contributed by atoms with Gasteiger partial charge in [0.1, 0.15) is 0 Å². The normalized spacial score (nSPS) is 25.7. The predicted octanol–water partition coefficient (Wildman–Crippen LogP) is 3.30. The largest absolute Gasteiger partial charge is 0.349 e. The summed E-state index contributed by atoms with van der Waals surface area (Å²) in [5.41, 5.74) is 0.218. The van der Waals surface area contributed by atoms with E-state index in [4.69, 9.17) is 11.6 Å². The first-order valence-electron chi connectivity index (χ1n) is 7.50. The van der Waals surface area contributed by atoms with E-state index < -0.39 is 9.84 Å². The van der Waals surface area contributed by atoms with Crippen molar-refractivity contribution in [1.82, 2.24) is 5.32 Å². The van der Waals surface area contributed by atoms with Crippen LogP contribution in [0.15, 0.2) is 23.1 Å². The number of hydrogen-bond acceptors (Lipinski definition) is 3. The Balaban J connectivity index is 2.22. The summed E-state index contributed by atoms with van der Waals surface area (Å²) in [5.74, 6) is 0.660. The standard InChI is InChI=1S/C16H22ClNO3S/c1-10-5-4-6-15(11(10)2)18-16(19)13-9-12(22(3,20)21)7-8-14(13)17/h7-11,15H,4-6H2,1-3H3,(H,18,19)/t10-,11+,15+/m1/s1. The quantitative estimate of drug-likeness (QED) is 0.915. The molecular formula is C16H22ClNO3S. The van der Waals surface area contributed by atoms with Gasteiger partial charge in [-0.1, -0.05) is 38.3 Å². The third-order valence-corrected chi connectivity index (χ3v) is 6.07. The lowest BCUT2D eigenvalue weighted by molar-refractivity contribution is 0.0891. The molecule has 3 atom stereocenters. The molecule has 22 heavy (non-hydrogen) atoms. The molecule has 6 heteroatoms. The average Bonchev–Trinajstić information content (AvgIpc) is 2.43. The van der Waals surface area contributed by atoms with E-state index in [-0.39, 0.29) is 27.4 Å². The van der Waals surface area contributed by atoms with E-state index in [1.54, 1.807) is 0 Å². The highest BCUT2D eigenvalue weighted by atomic mass is 35.5. The van der Waals surface area contributed by atoms with Crippen molar-refractivity contribution in [3.05, 3.63) is 28.8 Å². The van der Waals surface area contributed by atoms with Gasteiger partial charge in [-0.2, -0.15) is 0 Å². The van der Waals surface area contributed by atoms with Crippen molar-refractivity contribution in [2.24, 2.45) is 11.8 Å². The number of benzene rings is 1. The minimum atomic E-state index is -3.37. The molecule has 1 saturated carbocycles. The summed E-state index contributed by atoms with van der Waals surface area (Å²) in [6, 6.07) is 4.33. The topological polar surface area (TPSA) is 63.2 Å². The first kappa shape index (κ1) is 17.3. The Morgan fingerprint density at radius 3 is 2.59 bits per heavy atom. The van der Waals surface area contributed by atoms with Crippen molar-refractivity contribution in [3.63, 3.8) is 0 Å². The summed E-state index contributed by atoms with van der Waals surface area (Å²) >= 11 is 6.07. The van der Waals surface area contributed by atoms with Gasteiger partial charge in [0, 0.05) is 12.3 Å². The molecule has 2 rings (SSSR count). The zero-order valence-corrected chi connectivity index (χ0v) is 14.7. The third kappa shape index (κ3) is 3.82. The molecule has 1 aromatic rings. The van der Waals surface area contributed by atoms with E-state index >= 15 is 0 Å². The summed E-state index contributed by atoms with van der Waals surface area (Å²) in [6.45, 7) is 4.34. The van der Waals surface area contributed by atoms with Crippen LogP contribution in [0, 0.1) is 11.8 Å². The van der Waals surface area contributed by atoms with Crippen LogP contribution in [0.3, 0.4) is 0 Å². The minimum Gasteiger partial charge on any atom is -0.349 e. The number of amides is 1. The van der Waals surface area contributed by atoms with Gasteiger partial charge in [0.25, 0.3) is 5.91 Å². The van der Waals surface area contributed by atoms with Crippen molar-refractivity contribution in [1.29, 1.82) is 0 Å². The van der Waals surface area contributed by atoms with Crippen LogP contribution in [-0.4, -0.2) is 26.6 Å². The smallest absolute Gasteiger partial charge is 0.253 e. The maximum absolute atomic E-state index is 12.5. The lowest BCUT2D eigenvalue weighted by Gasteiger charge is -2.34. The van der Waals surface area contributed by atoms with Crippen LogP contribution in [0.5, 0.6) is 0 Å². The van der Waals surface area contributed by atoms with E-state index in [9.17, 15) is 13.2 Å². The summed E-state index contributed by atoms with van der Waals surface area (Å²) in [6.07, 6.45) is 4.33. The van der Waals surface area contributed by atoms with Gasteiger partial charge in [0.15, 0.2) is 9.84 Å². The first-order valence-corrected chi connectivity index (χ1v) is 9.77. The predicted molar refractivity (Wildman–Crippen MR) is 88.0 cm³/mol. The Labute approximate surface area is 137 Å². The van der Waals surface area contributed by atoms with Crippen LogP contribution in [0.25, 0.3) is 0 Å². The fourth-order valence-electron chi connectivity index (χ4n) is 2.94. The van der Waals surface area contributed by atoms with Crippen molar-refractivity contribution >= 4 is 27.3 Å². The molecule has 1 fully saturated rings. The molecule has 1 aliphatic carbocycles. The summed E-state index contributed by atoms with van der Waals surface area (Å²) < 4.78 is 23.3. The van der Waals surface area contributed by atoms with Crippen LogP contribution in [0.4, 0.5) is 0 Å². The Hall–Kier alpha value is -1.07.